The second-order valence-electron chi connectivity index (χ2n) is 6.14. The molecule has 0 bridgehead atoms. The minimum Gasteiger partial charge on any atom is -0.449 e. The standard InChI is InChI=1S/C19H16N2O3S/c22-17-9-16(18(25)21-17)20-19(23)24-10-15-13-7-3-1-5-11(13)12-6-2-4-8-14(12)15/h1-8,15-16H,9-10H2,(H,20,23)(H,21,22,25)/t16-/m0/s1. The Hall–Kier alpha value is -2.73. The molecule has 6 heteroatoms. The molecule has 1 aliphatic carbocycles. The minimum absolute atomic E-state index is 0.00781. The van der Waals surface area contributed by atoms with Crippen molar-refractivity contribution in [2.45, 2.75) is 18.4 Å². The summed E-state index contributed by atoms with van der Waals surface area (Å²) in [5.74, 6) is -0.178. The number of thiocarbonyl (C=S) groups is 1. The Morgan fingerprint density at radius 3 is 2.28 bits per heavy atom. The third-order valence-corrected chi connectivity index (χ3v) is 4.99. The summed E-state index contributed by atoms with van der Waals surface area (Å²) >= 11 is 5.03. The molecule has 1 aliphatic heterocycles. The van der Waals surface area contributed by atoms with Crippen molar-refractivity contribution in [2.24, 2.45) is 0 Å². The first-order chi connectivity index (χ1) is 12.1. The zero-order valence-corrected chi connectivity index (χ0v) is 14.1. The number of nitrogens with one attached hydrogen (secondary N) is 2. The average molecular weight is 352 g/mol. The van der Waals surface area contributed by atoms with E-state index in [4.69, 9.17) is 17.0 Å². The van der Waals surface area contributed by atoms with E-state index < -0.39 is 12.1 Å². The van der Waals surface area contributed by atoms with Crippen molar-refractivity contribution < 1.29 is 14.3 Å². The van der Waals surface area contributed by atoms with Gasteiger partial charge in [0.15, 0.2) is 0 Å². The number of alkyl carbamates (subject to hydrolysis) is 1. The molecule has 2 N–H and O–H groups in total. The first kappa shape index (κ1) is 15.8. The Morgan fingerprint density at radius 1 is 1.12 bits per heavy atom. The normalized spacial score (nSPS) is 18.5. The van der Waals surface area contributed by atoms with Crippen LogP contribution in [0.2, 0.25) is 0 Å². The molecular formula is C19H16N2O3S. The Labute approximate surface area is 150 Å². The van der Waals surface area contributed by atoms with E-state index in [9.17, 15) is 9.59 Å². The molecule has 2 aromatic rings. The molecule has 0 saturated carbocycles. The number of hydrogen-bond acceptors (Lipinski definition) is 4. The second kappa shape index (κ2) is 6.29. The van der Waals surface area contributed by atoms with E-state index in [2.05, 4.69) is 34.9 Å². The van der Waals surface area contributed by atoms with Crippen molar-refractivity contribution >= 4 is 29.2 Å². The molecule has 1 atom stereocenters. The largest absolute Gasteiger partial charge is 0.449 e. The monoisotopic (exact) mass is 352 g/mol. The molecule has 1 heterocycles. The second-order valence-corrected chi connectivity index (χ2v) is 6.58. The topological polar surface area (TPSA) is 67.4 Å². The zero-order chi connectivity index (χ0) is 17.4. The van der Waals surface area contributed by atoms with Gasteiger partial charge in [0.2, 0.25) is 5.91 Å². The van der Waals surface area contributed by atoms with Gasteiger partial charge in [-0.1, -0.05) is 60.7 Å². The van der Waals surface area contributed by atoms with Gasteiger partial charge in [0.25, 0.3) is 0 Å². The maximum Gasteiger partial charge on any atom is 0.407 e. The van der Waals surface area contributed by atoms with Gasteiger partial charge in [-0.3, -0.25) is 4.79 Å². The Balaban J connectivity index is 1.47. The minimum atomic E-state index is -0.564. The molecule has 0 unspecified atom stereocenters. The van der Waals surface area contributed by atoms with Crippen molar-refractivity contribution in [2.75, 3.05) is 6.61 Å². The number of carbonyl (C=O) groups is 2. The molecule has 126 valence electrons. The van der Waals surface area contributed by atoms with Crippen LogP contribution in [0.1, 0.15) is 23.5 Å². The van der Waals surface area contributed by atoms with Gasteiger partial charge in [0.1, 0.15) is 11.6 Å². The van der Waals surface area contributed by atoms with Gasteiger partial charge in [-0.2, -0.15) is 0 Å². The van der Waals surface area contributed by atoms with E-state index in [1.807, 2.05) is 24.3 Å². The molecule has 4 rings (SSSR count). The number of ether oxygens (including phenoxy) is 1. The van der Waals surface area contributed by atoms with Gasteiger partial charge in [-0.05, 0) is 22.3 Å². The van der Waals surface area contributed by atoms with Gasteiger partial charge in [-0.15, -0.1) is 0 Å². The fourth-order valence-corrected chi connectivity index (χ4v) is 3.71. The van der Waals surface area contributed by atoms with Crippen LogP contribution in [0.4, 0.5) is 4.79 Å². The average Bonchev–Trinajstić information content (AvgIpc) is 3.10. The Morgan fingerprint density at radius 2 is 1.72 bits per heavy atom. The molecule has 1 fully saturated rings. The summed E-state index contributed by atoms with van der Waals surface area (Å²) in [5.41, 5.74) is 4.67. The van der Waals surface area contributed by atoms with Crippen LogP contribution in [0.25, 0.3) is 11.1 Å². The van der Waals surface area contributed by atoms with E-state index in [0.717, 1.165) is 11.1 Å². The highest BCUT2D eigenvalue weighted by Gasteiger charge is 2.31. The summed E-state index contributed by atoms with van der Waals surface area (Å²) in [6.07, 6.45) is -0.408. The molecular weight excluding hydrogens is 336 g/mol. The van der Waals surface area contributed by atoms with Gasteiger partial charge in [0, 0.05) is 5.92 Å². The summed E-state index contributed by atoms with van der Waals surface area (Å²) in [6, 6.07) is 15.8. The third kappa shape index (κ3) is 2.89. The molecule has 0 radical (unpaired) electrons. The quantitative estimate of drug-likeness (QED) is 0.834. The maximum atomic E-state index is 12.1. The Kier molecular flexibility index (Phi) is 3.97. The lowest BCUT2D eigenvalue weighted by Crippen LogP contribution is -2.39. The highest BCUT2D eigenvalue weighted by molar-refractivity contribution is 7.80. The van der Waals surface area contributed by atoms with Crippen LogP contribution in [0.5, 0.6) is 0 Å². The van der Waals surface area contributed by atoms with Crippen molar-refractivity contribution in [1.29, 1.82) is 0 Å². The molecule has 5 nitrogen and oxygen atoms in total. The molecule has 1 saturated heterocycles. The fourth-order valence-electron chi connectivity index (χ4n) is 3.45. The third-order valence-electron chi connectivity index (χ3n) is 4.60. The molecule has 2 aliphatic rings. The van der Waals surface area contributed by atoms with Crippen LogP contribution in [0.3, 0.4) is 0 Å². The summed E-state index contributed by atoms with van der Waals surface area (Å²) in [6.45, 7) is 0.237. The van der Waals surface area contributed by atoms with Crippen molar-refractivity contribution in [1.82, 2.24) is 10.6 Å². The van der Waals surface area contributed by atoms with E-state index in [0.29, 0.717) is 4.99 Å². The highest BCUT2D eigenvalue weighted by atomic mass is 32.1. The zero-order valence-electron chi connectivity index (χ0n) is 13.3. The Bertz CT molecular complexity index is 835. The van der Waals surface area contributed by atoms with E-state index in [1.165, 1.54) is 11.1 Å². The maximum absolute atomic E-state index is 12.1. The van der Waals surface area contributed by atoms with Crippen LogP contribution < -0.4 is 10.6 Å². The predicted molar refractivity (Wildman–Crippen MR) is 97.4 cm³/mol. The van der Waals surface area contributed by atoms with Gasteiger partial charge in [0.05, 0.1) is 12.5 Å². The van der Waals surface area contributed by atoms with E-state index in [1.54, 1.807) is 0 Å². The van der Waals surface area contributed by atoms with Crippen molar-refractivity contribution in [3.63, 3.8) is 0 Å². The van der Waals surface area contributed by atoms with Gasteiger partial charge in [-0.25, -0.2) is 4.79 Å². The van der Waals surface area contributed by atoms with E-state index in [-0.39, 0.29) is 24.9 Å². The first-order valence-corrected chi connectivity index (χ1v) is 8.49. The lowest BCUT2D eigenvalue weighted by atomic mass is 9.98. The van der Waals surface area contributed by atoms with Crippen molar-refractivity contribution in [3.05, 3.63) is 59.7 Å². The number of benzene rings is 2. The SMILES string of the molecule is O=C1C[C@H](NC(=O)OCC2c3ccccc3-c3ccccc32)C(=S)N1. The number of fused-ring (bicyclic) bond motifs is 3. The van der Waals surface area contributed by atoms with Crippen molar-refractivity contribution in [3.8, 4) is 11.1 Å². The lowest BCUT2D eigenvalue weighted by molar-refractivity contribution is -0.118. The number of amides is 2. The molecule has 0 aromatic heterocycles. The number of hydrogen-bond donors (Lipinski definition) is 2. The highest BCUT2D eigenvalue weighted by Crippen LogP contribution is 2.44. The van der Waals surface area contributed by atoms with Crippen LogP contribution in [-0.4, -0.2) is 29.6 Å². The lowest BCUT2D eigenvalue weighted by Gasteiger charge is -2.16. The molecule has 0 spiro atoms. The predicted octanol–water partition coefficient (Wildman–Crippen LogP) is 2.74. The van der Waals surface area contributed by atoms with Crippen LogP contribution in [0, 0.1) is 0 Å². The fraction of sp³-hybridized carbons (Fsp3) is 0.211. The smallest absolute Gasteiger partial charge is 0.407 e. The van der Waals surface area contributed by atoms with Crippen LogP contribution in [-0.2, 0) is 9.53 Å². The first-order valence-electron chi connectivity index (χ1n) is 8.08. The van der Waals surface area contributed by atoms with Gasteiger partial charge >= 0.3 is 6.09 Å². The number of carbonyl (C=O) groups excluding carboxylic acids is 2. The van der Waals surface area contributed by atoms with E-state index >= 15 is 0 Å². The summed E-state index contributed by atoms with van der Waals surface area (Å²) in [4.78, 5) is 23.7. The summed E-state index contributed by atoms with van der Waals surface area (Å²) in [5, 5.41) is 5.16. The summed E-state index contributed by atoms with van der Waals surface area (Å²) in [7, 11) is 0. The van der Waals surface area contributed by atoms with Crippen LogP contribution >= 0.6 is 12.2 Å². The van der Waals surface area contributed by atoms with Crippen LogP contribution in [0.15, 0.2) is 48.5 Å². The van der Waals surface area contributed by atoms with Gasteiger partial charge < -0.3 is 15.4 Å². The molecule has 2 amide bonds. The number of rotatable bonds is 3. The molecule has 2 aromatic carbocycles. The summed E-state index contributed by atoms with van der Waals surface area (Å²) < 4.78 is 5.44. The molecule has 25 heavy (non-hydrogen) atoms.